The molecule has 0 fully saturated rings. The van der Waals surface area contributed by atoms with Gasteiger partial charge >= 0.3 is 0 Å². The van der Waals surface area contributed by atoms with Crippen molar-refractivity contribution in [3.63, 3.8) is 0 Å². The molecule has 2 N–H and O–H groups in total. The maximum atomic E-state index is 9.77. The molecule has 1 aromatic rings. The minimum absolute atomic E-state index is 0.322. The highest BCUT2D eigenvalue weighted by Crippen LogP contribution is 2.15. The van der Waals surface area contributed by atoms with Gasteiger partial charge in [0.25, 0.3) is 0 Å². The Morgan fingerprint density at radius 3 is 2.90 bits per heavy atom. The Morgan fingerprint density at radius 2 is 2.15 bits per heavy atom. The zero-order valence-electron chi connectivity index (χ0n) is 12.0. The first kappa shape index (κ1) is 17.8. The molecule has 114 valence electrons. The number of ether oxygens (including phenoxy) is 1. The largest absolute Gasteiger partial charge is 0.389 e. The van der Waals surface area contributed by atoms with Crippen LogP contribution in [0.2, 0.25) is 5.02 Å². The maximum Gasteiger partial charge on any atom is 0.0897 e. The SMILES string of the molecule is CSCCCCNCC(O)COCc1ccccc1Cl. The molecule has 0 aliphatic carbocycles. The van der Waals surface area contributed by atoms with Crippen molar-refractivity contribution in [3.8, 4) is 0 Å². The zero-order valence-corrected chi connectivity index (χ0v) is 13.6. The van der Waals surface area contributed by atoms with Gasteiger partial charge in [-0.25, -0.2) is 0 Å². The highest BCUT2D eigenvalue weighted by atomic mass is 35.5. The molecule has 3 nitrogen and oxygen atoms in total. The molecule has 0 amide bonds. The van der Waals surface area contributed by atoms with Crippen molar-refractivity contribution in [2.24, 2.45) is 0 Å². The topological polar surface area (TPSA) is 41.5 Å². The van der Waals surface area contributed by atoms with Crippen LogP contribution in [0.4, 0.5) is 0 Å². The summed E-state index contributed by atoms with van der Waals surface area (Å²) in [5, 5.41) is 13.7. The number of nitrogens with one attached hydrogen (secondary N) is 1. The van der Waals surface area contributed by atoms with Crippen LogP contribution in [-0.2, 0) is 11.3 Å². The van der Waals surface area contributed by atoms with E-state index in [2.05, 4.69) is 11.6 Å². The Labute approximate surface area is 131 Å². The second kappa shape index (κ2) is 11.4. The highest BCUT2D eigenvalue weighted by molar-refractivity contribution is 7.98. The number of benzene rings is 1. The van der Waals surface area contributed by atoms with Gasteiger partial charge < -0.3 is 15.2 Å². The maximum absolute atomic E-state index is 9.77. The monoisotopic (exact) mass is 317 g/mol. The number of halogens is 1. The molecule has 1 aromatic carbocycles. The highest BCUT2D eigenvalue weighted by Gasteiger charge is 2.05. The van der Waals surface area contributed by atoms with Crippen molar-refractivity contribution in [2.75, 3.05) is 31.7 Å². The summed E-state index contributed by atoms with van der Waals surface area (Å²) in [5.41, 5.74) is 0.950. The van der Waals surface area contributed by atoms with E-state index < -0.39 is 6.10 Å². The summed E-state index contributed by atoms with van der Waals surface area (Å²) in [7, 11) is 0. The van der Waals surface area contributed by atoms with Crippen molar-refractivity contribution in [3.05, 3.63) is 34.9 Å². The van der Waals surface area contributed by atoms with Crippen LogP contribution in [0.3, 0.4) is 0 Å². The summed E-state index contributed by atoms with van der Waals surface area (Å²) in [6.45, 7) is 2.28. The van der Waals surface area contributed by atoms with Gasteiger partial charge in [0.1, 0.15) is 0 Å². The zero-order chi connectivity index (χ0) is 14.6. The van der Waals surface area contributed by atoms with Crippen LogP contribution in [0.15, 0.2) is 24.3 Å². The molecule has 0 aliphatic rings. The van der Waals surface area contributed by atoms with Gasteiger partial charge in [-0.1, -0.05) is 29.8 Å². The molecule has 0 saturated carbocycles. The van der Waals surface area contributed by atoms with Crippen molar-refractivity contribution in [2.45, 2.75) is 25.6 Å². The summed E-state index contributed by atoms with van der Waals surface area (Å²) in [6.07, 6.45) is 4.01. The molecule has 20 heavy (non-hydrogen) atoms. The number of aliphatic hydroxyl groups excluding tert-OH is 1. The van der Waals surface area contributed by atoms with Crippen LogP contribution in [0.1, 0.15) is 18.4 Å². The van der Waals surface area contributed by atoms with Gasteiger partial charge in [-0.3, -0.25) is 0 Å². The van der Waals surface area contributed by atoms with E-state index in [1.165, 1.54) is 12.2 Å². The molecule has 0 spiro atoms. The lowest BCUT2D eigenvalue weighted by Crippen LogP contribution is -2.31. The molecule has 1 unspecified atom stereocenters. The fourth-order valence-corrected chi connectivity index (χ4v) is 2.43. The van der Waals surface area contributed by atoms with Gasteiger partial charge in [0.05, 0.1) is 19.3 Å². The Bertz CT molecular complexity index is 365. The molecule has 0 aromatic heterocycles. The van der Waals surface area contributed by atoms with Gasteiger partial charge in [0.2, 0.25) is 0 Å². The van der Waals surface area contributed by atoms with Crippen molar-refractivity contribution >= 4 is 23.4 Å². The molecular weight excluding hydrogens is 294 g/mol. The van der Waals surface area contributed by atoms with E-state index in [1.54, 1.807) is 0 Å². The third-order valence-electron chi connectivity index (χ3n) is 2.86. The Kier molecular flexibility index (Phi) is 10.1. The summed E-state index contributed by atoms with van der Waals surface area (Å²) >= 11 is 7.90. The quantitative estimate of drug-likeness (QED) is 0.616. The number of rotatable bonds is 11. The first-order valence-corrected chi connectivity index (χ1v) is 8.70. The normalized spacial score (nSPS) is 12.6. The number of aliphatic hydroxyl groups is 1. The third-order valence-corrected chi connectivity index (χ3v) is 3.92. The van der Waals surface area contributed by atoms with Crippen molar-refractivity contribution in [1.82, 2.24) is 5.32 Å². The van der Waals surface area contributed by atoms with Crippen LogP contribution >= 0.6 is 23.4 Å². The molecule has 5 heteroatoms. The molecular formula is C15H24ClNO2S. The first-order valence-electron chi connectivity index (χ1n) is 6.93. The van der Waals surface area contributed by atoms with E-state index in [0.717, 1.165) is 18.5 Å². The van der Waals surface area contributed by atoms with Crippen LogP contribution < -0.4 is 5.32 Å². The van der Waals surface area contributed by atoms with Gasteiger partial charge in [0, 0.05) is 11.6 Å². The van der Waals surface area contributed by atoms with E-state index in [4.69, 9.17) is 16.3 Å². The lowest BCUT2D eigenvalue weighted by molar-refractivity contribution is 0.0289. The number of hydrogen-bond donors (Lipinski definition) is 2. The number of hydrogen-bond acceptors (Lipinski definition) is 4. The summed E-state index contributed by atoms with van der Waals surface area (Å²) in [5.74, 6) is 1.20. The van der Waals surface area contributed by atoms with Crippen LogP contribution in [0.5, 0.6) is 0 Å². The van der Waals surface area contributed by atoms with Crippen LogP contribution in [-0.4, -0.2) is 42.9 Å². The summed E-state index contributed by atoms with van der Waals surface area (Å²) in [4.78, 5) is 0. The molecule has 0 saturated heterocycles. The minimum atomic E-state index is -0.474. The lowest BCUT2D eigenvalue weighted by atomic mass is 10.2. The van der Waals surface area contributed by atoms with E-state index in [9.17, 15) is 5.11 Å². The molecule has 0 aliphatic heterocycles. The van der Waals surface area contributed by atoms with E-state index >= 15 is 0 Å². The predicted octanol–water partition coefficient (Wildman–Crippen LogP) is 2.95. The Hall–Kier alpha value is -0.260. The standard InChI is InChI=1S/C15H24ClNO2S/c1-20-9-5-4-8-17-10-14(18)12-19-11-13-6-2-3-7-15(13)16/h2-3,6-7,14,17-18H,4-5,8-12H2,1H3. The molecule has 0 radical (unpaired) electrons. The average molecular weight is 318 g/mol. The Balaban J connectivity index is 2.03. The van der Waals surface area contributed by atoms with Gasteiger partial charge in [-0.15, -0.1) is 0 Å². The second-order valence-corrected chi connectivity index (χ2v) is 6.06. The molecule has 0 bridgehead atoms. The fraction of sp³-hybridized carbons (Fsp3) is 0.600. The number of thioether (sulfide) groups is 1. The summed E-state index contributed by atoms with van der Waals surface area (Å²) < 4.78 is 5.48. The van der Waals surface area contributed by atoms with E-state index in [-0.39, 0.29) is 0 Å². The van der Waals surface area contributed by atoms with Gasteiger partial charge in [-0.2, -0.15) is 11.8 Å². The number of unbranched alkanes of at least 4 members (excludes halogenated alkanes) is 1. The van der Waals surface area contributed by atoms with Crippen LogP contribution in [0, 0.1) is 0 Å². The second-order valence-electron chi connectivity index (χ2n) is 4.66. The van der Waals surface area contributed by atoms with E-state index in [1.807, 2.05) is 36.0 Å². The van der Waals surface area contributed by atoms with Crippen molar-refractivity contribution < 1.29 is 9.84 Å². The van der Waals surface area contributed by atoms with Crippen LogP contribution in [0.25, 0.3) is 0 Å². The average Bonchev–Trinajstić information content (AvgIpc) is 2.45. The Morgan fingerprint density at radius 1 is 1.35 bits per heavy atom. The summed E-state index contributed by atoms with van der Waals surface area (Å²) in [6, 6.07) is 7.59. The van der Waals surface area contributed by atoms with Gasteiger partial charge in [-0.05, 0) is 43.0 Å². The smallest absolute Gasteiger partial charge is 0.0897 e. The predicted molar refractivity (Wildman–Crippen MR) is 87.6 cm³/mol. The fourth-order valence-electron chi connectivity index (χ4n) is 1.74. The van der Waals surface area contributed by atoms with E-state index in [0.29, 0.717) is 24.8 Å². The van der Waals surface area contributed by atoms with Gasteiger partial charge in [0.15, 0.2) is 0 Å². The molecule has 0 heterocycles. The van der Waals surface area contributed by atoms with Crippen molar-refractivity contribution in [1.29, 1.82) is 0 Å². The lowest BCUT2D eigenvalue weighted by Gasteiger charge is -2.13. The molecule has 1 atom stereocenters. The third kappa shape index (κ3) is 8.12. The molecule has 1 rings (SSSR count). The minimum Gasteiger partial charge on any atom is -0.389 e. The first-order chi connectivity index (χ1) is 9.74.